The Bertz CT molecular complexity index is 852. The highest BCUT2D eigenvalue weighted by Crippen LogP contribution is 2.26. The van der Waals surface area contributed by atoms with Gasteiger partial charge in [0.15, 0.2) is 9.84 Å². The van der Waals surface area contributed by atoms with E-state index in [0.717, 1.165) is 30.1 Å². The molecule has 2 aromatic heterocycles. The average molecular weight is 399 g/mol. The second-order valence-corrected chi connectivity index (χ2v) is 10.5. The molecule has 2 aliphatic heterocycles. The Morgan fingerprint density at radius 3 is 2.72 bits per heavy atom. The minimum Gasteiger partial charge on any atom is -0.329 e. The standard InChI is InChI=1S/C16H19N3O3S3/c20-16(14-10-24-15(17-14)12-1-7-23-9-12)19-5-3-18(4-6-19)13-2-8-25(21,22)11-13/h1,7,9-10,13H,2-6,8,11H2/p+1/t13-/m1/s1. The first-order chi connectivity index (χ1) is 12.0. The Balaban J connectivity index is 1.37. The van der Waals surface area contributed by atoms with Gasteiger partial charge in [-0.25, -0.2) is 13.4 Å². The van der Waals surface area contributed by atoms with Crippen molar-refractivity contribution in [3.05, 3.63) is 27.9 Å². The Morgan fingerprint density at radius 2 is 2.08 bits per heavy atom. The molecule has 1 atom stereocenters. The molecular weight excluding hydrogens is 378 g/mol. The lowest BCUT2D eigenvalue weighted by molar-refractivity contribution is -0.925. The number of hydrogen-bond donors (Lipinski definition) is 1. The molecule has 0 bridgehead atoms. The van der Waals surface area contributed by atoms with Crippen LogP contribution in [0.1, 0.15) is 16.9 Å². The number of piperazine rings is 1. The van der Waals surface area contributed by atoms with Gasteiger partial charge in [0.2, 0.25) is 0 Å². The van der Waals surface area contributed by atoms with Crippen LogP contribution in [0, 0.1) is 0 Å². The third-order valence-electron chi connectivity index (χ3n) is 4.99. The monoisotopic (exact) mass is 398 g/mol. The van der Waals surface area contributed by atoms with E-state index in [1.807, 2.05) is 27.1 Å². The largest absolute Gasteiger partial charge is 0.329 e. The van der Waals surface area contributed by atoms with Crippen molar-refractivity contribution in [2.24, 2.45) is 0 Å². The van der Waals surface area contributed by atoms with E-state index in [1.54, 1.807) is 11.3 Å². The summed E-state index contributed by atoms with van der Waals surface area (Å²) in [6.07, 6.45) is 0.752. The molecule has 0 spiro atoms. The Morgan fingerprint density at radius 1 is 1.28 bits per heavy atom. The highest BCUT2D eigenvalue weighted by Gasteiger charge is 2.37. The normalized spacial score (nSPS) is 23.8. The van der Waals surface area contributed by atoms with Crippen molar-refractivity contribution < 1.29 is 18.1 Å². The summed E-state index contributed by atoms with van der Waals surface area (Å²) in [6.45, 7) is 2.95. The van der Waals surface area contributed by atoms with Crippen LogP contribution < -0.4 is 4.90 Å². The number of sulfone groups is 1. The molecule has 0 aliphatic carbocycles. The fourth-order valence-electron chi connectivity index (χ4n) is 3.57. The van der Waals surface area contributed by atoms with E-state index < -0.39 is 9.84 Å². The SMILES string of the molecule is O=C(c1csc(-c2ccsc2)n1)N1CC[NH+]([C@@H]2CCS(=O)(=O)C2)CC1. The summed E-state index contributed by atoms with van der Waals surface area (Å²) in [4.78, 5) is 20.3. The smallest absolute Gasteiger partial charge is 0.273 e. The van der Waals surface area contributed by atoms with Crippen molar-refractivity contribution in [3.8, 4) is 10.6 Å². The average Bonchev–Trinajstić information content (AvgIpc) is 3.34. The summed E-state index contributed by atoms with van der Waals surface area (Å²) in [6, 6.07) is 2.21. The molecule has 4 heterocycles. The molecule has 0 unspecified atom stereocenters. The van der Waals surface area contributed by atoms with Gasteiger partial charge in [-0.05, 0) is 11.4 Å². The molecule has 9 heteroatoms. The number of hydrogen-bond acceptors (Lipinski definition) is 6. The fraction of sp³-hybridized carbons (Fsp3) is 0.500. The first kappa shape index (κ1) is 17.1. The number of nitrogens with zero attached hydrogens (tertiary/aromatic N) is 2. The molecule has 1 N–H and O–H groups in total. The number of carbonyl (C=O) groups is 1. The molecule has 6 nitrogen and oxygen atoms in total. The van der Waals surface area contributed by atoms with E-state index in [2.05, 4.69) is 4.98 Å². The molecule has 4 rings (SSSR count). The Hall–Kier alpha value is -1.29. The van der Waals surface area contributed by atoms with Gasteiger partial charge in [0.1, 0.15) is 22.5 Å². The van der Waals surface area contributed by atoms with E-state index in [9.17, 15) is 13.2 Å². The van der Waals surface area contributed by atoms with Gasteiger partial charge in [-0.2, -0.15) is 11.3 Å². The maximum atomic E-state index is 12.7. The summed E-state index contributed by atoms with van der Waals surface area (Å²) < 4.78 is 23.3. The van der Waals surface area contributed by atoms with Gasteiger partial charge in [-0.3, -0.25) is 4.79 Å². The van der Waals surface area contributed by atoms with Crippen molar-refractivity contribution in [2.75, 3.05) is 37.7 Å². The molecule has 1 amide bonds. The molecule has 0 aromatic carbocycles. The van der Waals surface area contributed by atoms with E-state index >= 15 is 0 Å². The number of thiophene rings is 1. The number of amides is 1. The number of quaternary nitrogens is 1. The lowest BCUT2D eigenvalue weighted by atomic mass is 10.2. The highest BCUT2D eigenvalue weighted by molar-refractivity contribution is 7.91. The van der Waals surface area contributed by atoms with Crippen LogP contribution in [0.5, 0.6) is 0 Å². The van der Waals surface area contributed by atoms with Gasteiger partial charge < -0.3 is 9.80 Å². The van der Waals surface area contributed by atoms with E-state index in [-0.39, 0.29) is 11.9 Å². The van der Waals surface area contributed by atoms with Crippen molar-refractivity contribution in [3.63, 3.8) is 0 Å². The molecule has 0 radical (unpaired) electrons. The maximum Gasteiger partial charge on any atom is 0.273 e. The van der Waals surface area contributed by atoms with E-state index in [4.69, 9.17) is 0 Å². The molecule has 2 aliphatic rings. The van der Waals surface area contributed by atoms with Crippen LogP contribution >= 0.6 is 22.7 Å². The minimum absolute atomic E-state index is 0.0178. The molecule has 2 fully saturated rings. The quantitative estimate of drug-likeness (QED) is 0.812. The van der Waals surface area contributed by atoms with Crippen LogP contribution in [-0.2, 0) is 9.84 Å². The van der Waals surface area contributed by atoms with Crippen LogP contribution in [0.15, 0.2) is 22.2 Å². The molecule has 2 aromatic rings. The third kappa shape index (κ3) is 3.64. The summed E-state index contributed by atoms with van der Waals surface area (Å²) in [7, 11) is -2.85. The second-order valence-electron chi connectivity index (χ2n) is 6.60. The third-order valence-corrected chi connectivity index (χ3v) is 8.34. The maximum absolute atomic E-state index is 12.7. The van der Waals surface area contributed by atoms with Crippen molar-refractivity contribution in [1.29, 1.82) is 0 Å². The van der Waals surface area contributed by atoms with Gasteiger partial charge in [0.05, 0.1) is 31.9 Å². The van der Waals surface area contributed by atoms with Crippen LogP contribution in [0.4, 0.5) is 0 Å². The van der Waals surface area contributed by atoms with E-state index in [1.165, 1.54) is 16.2 Å². The van der Waals surface area contributed by atoms with Gasteiger partial charge in [-0.1, -0.05) is 0 Å². The second kappa shape index (κ2) is 6.79. The molecule has 25 heavy (non-hydrogen) atoms. The topological polar surface area (TPSA) is 71.8 Å². The zero-order valence-corrected chi connectivity index (χ0v) is 16.1. The minimum atomic E-state index is -2.85. The van der Waals surface area contributed by atoms with Crippen molar-refractivity contribution >= 4 is 38.4 Å². The van der Waals surface area contributed by atoms with Crippen LogP contribution in [-0.4, -0.2) is 67.9 Å². The van der Waals surface area contributed by atoms with Gasteiger partial charge in [-0.15, -0.1) is 11.3 Å². The molecular formula is C16H20N3O3S3+. The zero-order valence-electron chi connectivity index (χ0n) is 13.7. The summed E-state index contributed by atoms with van der Waals surface area (Å²) in [5, 5.41) is 6.75. The number of nitrogens with one attached hydrogen (secondary N) is 1. The summed E-state index contributed by atoms with van der Waals surface area (Å²) >= 11 is 3.11. The van der Waals surface area contributed by atoms with Gasteiger partial charge in [0.25, 0.3) is 5.91 Å². The fourth-order valence-corrected chi connectivity index (χ4v) is 6.91. The Labute approximate surface area is 155 Å². The number of thiazole rings is 1. The number of aromatic nitrogens is 1. The molecule has 134 valence electrons. The number of carbonyl (C=O) groups excluding carboxylic acids is 1. The van der Waals surface area contributed by atoms with Crippen molar-refractivity contribution in [1.82, 2.24) is 9.88 Å². The number of rotatable bonds is 3. The highest BCUT2D eigenvalue weighted by atomic mass is 32.2. The van der Waals surface area contributed by atoms with E-state index in [0.29, 0.717) is 30.3 Å². The van der Waals surface area contributed by atoms with Crippen LogP contribution in [0.2, 0.25) is 0 Å². The summed E-state index contributed by atoms with van der Waals surface area (Å²) in [5.41, 5.74) is 1.57. The lowest BCUT2D eigenvalue weighted by Crippen LogP contribution is -3.18. The molecule has 2 saturated heterocycles. The van der Waals surface area contributed by atoms with Gasteiger partial charge in [0, 0.05) is 22.7 Å². The first-order valence-corrected chi connectivity index (χ1v) is 12.0. The zero-order chi connectivity index (χ0) is 17.4. The van der Waals surface area contributed by atoms with Gasteiger partial charge >= 0.3 is 0 Å². The Kier molecular flexibility index (Phi) is 4.65. The predicted molar refractivity (Wildman–Crippen MR) is 99.1 cm³/mol. The summed E-state index contributed by atoms with van der Waals surface area (Å²) in [5.74, 6) is 0.594. The first-order valence-electron chi connectivity index (χ1n) is 8.34. The lowest BCUT2D eigenvalue weighted by Gasteiger charge is -2.34. The molecule has 0 saturated carbocycles. The van der Waals surface area contributed by atoms with Crippen LogP contribution in [0.25, 0.3) is 10.6 Å². The van der Waals surface area contributed by atoms with Crippen molar-refractivity contribution in [2.45, 2.75) is 12.5 Å². The van der Waals surface area contributed by atoms with Crippen LogP contribution in [0.3, 0.4) is 0 Å². The predicted octanol–water partition coefficient (Wildman–Crippen LogP) is 0.399.